The first-order valence-electron chi connectivity index (χ1n) is 5.10. The lowest BCUT2D eigenvalue weighted by molar-refractivity contribution is 0.669. The van der Waals surface area contributed by atoms with Gasteiger partial charge >= 0.3 is 0 Å². The third-order valence-electron chi connectivity index (χ3n) is 2.16. The second kappa shape index (κ2) is 7.78. The van der Waals surface area contributed by atoms with Crippen molar-refractivity contribution < 1.29 is 0 Å². The maximum atomic E-state index is 4.24. The molecule has 0 spiro atoms. The van der Waals surface area contributed by atoms with Crippen molar-refractivity contribution in [1.82, 2.24) is 0 Å². The van der Waals surface area contributed by atoms with E-state index in [4.69, 9.17) is 0 Å². The van der Waals surface area contributed by atoms with Crippen LogP contribution in [-0.2, 0) is 0 Å². The Balaban J connectivity index is 4.13. The number of hydrogen-bond donors (Lipinski definition) is 0. The van der Waals surface area contributed by atoms with Gasteiger partial charge in [0.1, 0.15) is 0 Å². The lowest BCUT2D eigenvalue weighted by atomic mass is 10.00. The third kappa shape index (κ3) is 5.40. The number of hydrogen-bond acceptors (Lipinski definition) is 1. The van der Waals surface area contributed by atoms with Crippen molar-refractivity contribution in [2.24, 2.45) is 10.9 Å². The first kappa shape index (κ1) is 12.2. The standard InChI is InChI=1S/C12H21N/c1-5-8-9-13-10-12(7-3)11(4)6-2/h7,9-11H,3,5-6,8H2,1-2,4H3/b12-10+,13-9?. The van der Waals surface area contributed by atoms with Crippen molar-refractivity contribution >= 4 is 6.21 Å². The highest BCUT2D eigenvalue weighted by molar-refractivity contribution is 5.58. The van der Waals surface area contributed by atoms with Gasteiger partial charge in [-0.15, -0.1) is 0 Å². The number of rotatable bonds is 6. The fourth-order valence-corrected chi connectivity index (χ4v) is 0.959. The van der Waals surface area contributed by atoms with Crippen LogP contribution in [0.1, 0.15) is 40.0 Å². The molecule has 0 N–H and O–H groups in total. The quantitative estimate of drug-likeness (QED) is 0.432. The summed E-state index contributed by atoms with van der Waals surface area (Å²) in [4.78, 5) is 4.24. The van der Waals surface area contributed by atoms with E-state index in [1.165, 1.54) is 5.57 Å². The molecule has 0 aliphatic rings. The molecular weight excluding hydrogens is 158 g/mol. The van der Waals surface area contributed by atoms with Crippen LogP contribution < -0.4 is 0 Å². The molecule has 1 heteroatoms. The fourth-order valence-electron chi connectivity index (χ4n) is 0.959. The Morgan fingerprint density at radius 2 is 2.15 bits per heavy atom. The van der Waals surface area contributed by atoms with Crippen molar-refractivity contribution in [3.05, 3.63) is 24.4 Å². The van der Waals surface area contributed by atoms with Crippen molar-refractivity contribution in [1.29, 1.82) is 0 Å². The number of aliphatic imine (C=N–C) groups is 1. The van der Waals surface area contributed by atoms with Gasteiger partial charge in [-0.2, -0.15) is 0 Å². The summed E-state index contributed by atoms with van der Waals surface area (Å²) in [6, 6.07) is 0. The highest BCUT2D eigenvalue weighted by Gasteiger charge is 2.00. The molecule has 0 aromatic rings. The van der Waals surface area contributed by atoms with Crippen LogP contribution in [0.25, 0.3) is 0 Å². The first-order chi connectivity index (χ1) is 6.26. The van der Waals surface area contributed by atoms with Gasteiger partial charge in [-0.05, 0) is 24.3 Å². The molecule has 0 radical (unpaired) electrons. The summed E-state index contributed by atoms with van der Waals surface area (Å²) >= 11 is 0. The van der Waals surface area contributed by atoms with E-state index in [9.17, 15) is 0 Å². The molecule has 13 heavy (non-hydrogen) atoms. The molecule has 0 fully saturated rings. The van der Waals surface area contributed by atoms with Crippen molar-refractivity contribution in [2.75, 3.05) is 0 Å². The molecule has 0 rings (SSSR count). The van der Waals surface area contributed by atoms with Crippen molar-refractivity contribution in [3.63, 3.8) is 0 Å². The van der Waals surface area contributed by atoms with Crippen LogP contribution in [0.5, 0.6) is 0 Å². The van der Waals surface area contributed by atoms with E-state index in [1.807, 2.05) is 18.5 Å². The number of allylic oxidation sites excluding steroid dienone is 2. The summed E-state index contributed by atoms with van der Waals surface area (Å²) < 4.78 is 0. The Kier molecular flexibility index (Phi) is 7.27. The van der Waals surface area contributed by atoms with Gasteiger partial charge in [-0.1, -0.05) is 39.8 Å². The SMILES string of the molecule is C=C/C(=C\N=CCCC)C(C)CC. The van der Waals surface area contributed by atoms with Gasteiger partial charge in [0.25, 0.3) is 0 Å². The molecule has 0 aromatic heterocycles. The minimum absolute atomic E-state index is 0.566. The molecule has 1 unspecified atom stereocenters. The van der Waals surface area contributed by atoms with Gasteiger partial charge < -0.3 is 0 Å². The first-order valence-corrected chi connectivity index (χ1v) is 5.10. The second-order valence-electron chi connectivity index (χ2n) is 3.26. The van der Waals surface area contributed by atoms with E-state index >= 15 is 0 Å². The van der Waals surface area contributed by atoms with Gasteiger partial charge in [-0.25, -0.2) is 0 Å². The van der Waals surface area contributed by atoms with E-state index in [-0.39, 0.29) is 0 Å². The molecule has 74 valence electrons. The fraction of sp³-hybridized carbons (Fsp3) is 0.583. The van der Waals surface area contributed by atoms with Gasteiger partial charge in [-0.3, -0.25) is 4.99 Å². The van der Waals surface area contributed by atoms with Crippen LogP contribution in [0, 0.1) is 5.92 Å². The van der Waals surface area contributed by atoms with Gasteiger partial charge in [0.05, 0.1) is 0 Å². The van der Waals surface area contributed by atoms with Crippen molar-refractivity contribution in [3.8, 4) is 0 Å². The van der Waals surface area contributed by atoms with Crippen LogP contribution in [0.15, 0.2) is 29.4 Å². The van der Waals surface area contributed by atoms with E-state index < -0.39 is 0 Å². The van der Waals surface area contributed by atoms with Gasteiger partial charge in [0.15, 0.2) is 0 Å². The normalized spacial score (nSPS) is 14.8. The monoisotopic (exact) mass is 179 g/mol. The Morgan fingerprint density at radius 3 is 2.62 bits per heavy atom. The molecular formula is C12H21N. The Bertz CT molecular complexity index is 189. The molecule has 0 aromatic carbocycles. The third-order valence-corrected chi connectivity index (χ3v) is 2.16. The zero-order valence-electron chi connectivity index (χ0n) is 9.09. The molecule has 0 saturated carbocycles. The molecule has 0 heterocycles. The van der Waals surface area contributed by atoms with Gasteiger partial charge in [0.2, 0.25) is 0 Å². The summed E-state index contributed by atoms with van der Waals surface area (Å²) in [6.07, 6.45) is 9.15. The number of nitrogens with zero attached hydrogens (tertiary/aromatic N) is 1. The molecule has 0 amide bonds. The van der Waals surface area contributed by atoms with Crippen LogP contribution in [0.2, 0.25) is 0 Å². The smallest absolute Gasteiger partial charge is 0.0298 e. The Labute approximate surface area is 82.3 Å². The molecule has 0 aliphatic carbocycles. The highest BCUT2D eigenvalue weighted by atomic mass is 14.7. The summed E-state index contributed by atoms with van der Waals surface area (Å²) in [6.45, 7) is 10.3. The second-order valence-corrected chi connectivity index (χ2v) is 3.26. The van der Waals surface area contributed by atoms with Crippen LogP contribution in [-0.4, -0.2) is 6.21 Å². The van der Waals surface area contributed by atoms with Crippen LogP contribution in [0.4, 0.5) is 0 Å². The Morgan fingerprint density at radius 1 is 1.46 bits per heavy atom. The molecule has 0 saturated heterocycles. The van der Waals surface area contributed by atoms with Crippen molar-refractivity contribution in [2.45, 2.75) is 40.0 Å². The minimum Gasteiger partial charge on any atom is -0.269 e. The zero-order chi connectivity index (χ0) is 10.1. The summed E-state index contributed by atoms with van der Waals surface area (Å²) in [5.41, 5.74) is 1.23. The lowest BCUT2D eigenvalue weighted by Gasteiger charge is -2.07. The topological polar surface area (TPSA) is 12.4 Å². The van der Waals surface area contributed by atoms with E-state index in [0.29, 0.717) is 5.92 Å². The maximum absolute atomic E-state index is 4.24. The van der Waals surface area contributed by atoms with Gasteiger partial charge in [0, 0.05) is 12.4 Å². The number of unbranched alkanes of at least 4 members (excludes halogenated alkanes) is 1. The molecule has 0 bridgehead atoms. The zero-order valence-corrected chi connectivity index (χ0v) is 9.09. The van der Waals surface area contributed by atoms with E-state index in [2.05, 4.69) is 32.3 Å². The molecule has 1 nitrogen and oxygen atoms in total. The molecule has 1 atom stereocenters. The maximum Gasteiger partial charge on any atom is 0.0298 e. The Hall–Kier alpha value is -0.850. The highest BCUT2D eigenvalue weighted by Crippen LogP contribution is 2.14. The lowest BCUT2D eigenvalue weighted by Crippen LogP contribution is -1.93. The summed E-state index contributed by atoms with van der Waals surface area (Å²) in [7, 11) is 0. The van der Waals surface area contributed by atoms with Crippen LogP contribution in [0.3, 0.4) is 0 Å². The summed E-state index contributed by atoms with van der Waals surface area (Å²) in [5, 5.41) is 0. The predicted octanol–water partition coefficient (Wildman–Crippen LogP) is 3.97. The van der Waals surface area contributed by atoms with E-state index in [1.54, 1.807) is 0 Å². The van der Waals surface area contributed by atoms with Crippen LogP contribution >= 0.6 is 0 Å². The average molecular weight is 179 g/mol. The minimum atomic E-state index is 0.566. The largest absolute Gasteiger partial charge is 0.269 e. The molecule has 0 aliphatic heterocycles. The average Bonchev–Trinajstić information content (AvgIpc) is 2.17. The predicted molar refractivity (Wildman–Crippen MR) is 61.1 cm³/mol. The van der Waals surface area contributed by atoms with E-state index in [0.717, 1.165) is 19.3 Å². The summed E-state index contributed by atoms with van der Waals surface area (Å²) in [5.74, 6) is 0.566.